The van der Waals surface area contributed by atoms with Crippen molar-refractivity contribution in [3.05, 3.63) is 65.5 Å². The molecule has 2 N–H and O–H groups in total. The second kappa shape index (κ2) is 10.0. The molecule has 0 saturated carbocycles. The van der Waals surface area contributed by atoms with Crippen LogP contribution in [-0.4, -0.2) is 53.2 Å². The minimum absolute atomic E-state index is 0.164. The topological polar surface area (TPSA) is 105 Å². The number of nitrogens with zero attached hydrogens (tertiary/aromatic N) is 1. The van der Waals surface area contributed by atoms with E-state index in [0.29, 0.717) is 10.5 Å². The lowest BCUT2D eigenvalue weighted by molar-refractivity contribution is -0.139. The van der Waals surface area contributed by atoms with Gasteiger partial charge in [0.1, 0.15) is 11.4 Å². The number of nitrogens with one attached hydrogen (secondary N) is 2. The molecule has 33 heavy (non-hydrogen) atoms. The Hall–Kier alpha value is -3.40. The minimum Gasteiger partial charge on any atom is -0.449 e. The molecule has 2 aromatic rings. The lowest BCUT2D eigenvalue weighted by Crippen LogP contribution is -2.46. The molecule has 1 heterocycles. The van der Waals surface area contributed by atoms with Gasteiger partial charge < -0.3 is 15.0 Å². The SMILES string of the molecule is C[C@H](OC(=O)c1ccccc1SC[C@]1(C)NC(=O)NC1=O)C(=O)N(C)Cc1cccc(F)c1. The van der Waals surface area contributed by atoms with Crippen LogP contribution in [0.15, 0.2) is 53.4 Å². The van der Waals surface area contributed by atoms with E-state index in [9.17, 15) is 23.6 Å². The van der Waals surface area contributed by atoms with Gasteiger partial charge in [0.25, 0.3) is 11.8 Å². The largest absolute Gasteiger partial charge is 0.449 e. The lowest BCUT2D eigenvalue weighted by atomic mass is 10.1. The summed E-state index contributed by atoms with van der Waals surface area (Å²) in [6.07, 6.45) is -1.06. The van der Waals surface area contributed by atoms with E-state index in [1.165, 1.54) is 35.7 Å². The van der Waals surface area contributed by atoms with Gasteiger partial charge >= 0.3 is 12.0 Å². The van der Waals surface area contributed by atoms with Crippen LogP contribution in [-0.2, 0) is 20.9 Å². The van der Waals surface area contributed by atoms with Crippen LogP contribution in [0.25, 0.3) is 0 Å². The highest BCUT2D eigenvalue weighted by atomic mass is 32.2. The Morgan fingerprint density at radius 1 is 1.18 bits per heavy atom. The van der Waals surface area contributed by atoms with Gasteiger partial charge in [0.2, 0.25) is 0 Å². The number of halogens is 1. The summed E-state index contributed by atoms with van der Waals surface area (Å²) in [5.74, 6) is -1.77. The average Bonchev–Trinajstić information content (AvgIpc) is 3.03. The third kappa shape index (κ3) is 5.89. The molecule has 1 aliphatic heterocycles. The van der Waals surface area contributed by atoms with Crippen molar-refractivity contribution in [2.75, 3.05) is 12.8 Å². The maximum atomic E-state index is 13.4. The fourth-order valence-electron chi connectivity index (χ4n) is 3.24. The summed E-state index contributed by atoms with van der Waals surface area (Å²) >= 11 is 1.21. The van der Waals surface area contributed by atoms with Crippen molar-refractivity contribution in [3.8, 4) is 0 Å². The third-order valence-corrected chi connectivity index (χ3v) is 6.45. The van der Waals surface area contributed by atoms with Gasteiger partial charge in [0, 0.05) is 24.2 Å². The first kappa shape index (κ1) is 24.2. The van der Waals surface area contributed by atoms with Gasteiger partial charge in [-0.3, -0.25) is 14.9 Å². The van der Waals surface area contributed by atoms with E-state index in [-0.39, 0.29) is 17.9 Å². The molecule has 2 atom stereocenters. The Bertz CT molecular complexity index is 1100. The number of carbonyl (C=O) groups excluding carboxylic acids is 4. The second-order valence-electron chi connectivity index (χ2n) is 7.90. The van der Waals surface area contributed by atoms with E-state index < -0.39 is 41.3 Å². The van der Waals surface area contributed by atoms with Crippen LogP contribution < -0.4 is 10.6 Å². The van der Waals surface area contributed by atoms with Gasteiger partial charge in [-0.2, -0.15) is 0 Å². The molecule has 1 saturated heterocycles. The first-order valence-corrected chi connectivity index (χ1v) is 11.1. The lowest BCUT2D eigenvalue weighted by Gasteiger charge is -2.22. The van der Waals surface area contributed by atoms with Gasteiger partial charge in [-0.25, -0.2) is 14.0 Å². The molecule has 1 aliphatic rings. The highest BCUT2D eigenvalue weighted by molar-refractivity contribution is 7.99. The number of esters is 1. The third-order valence-electron chi connectivity index (χ3n) is 5.06. The van der Waals surface area contributed by atoms with Crippen LogP contribution in [0.5, 0.6) is 0 Å². The Morgan fingerprint density at radius 2 is 1.91 bits per heavy atom. The molecule has 3 rings (SSSR count). The Balaban J connectivity index is 1.63. The van der Waals surface area contributed by atoms with Crippen LogP contribution >= 0.6 is 11.8 Å². The van der Waals surface area contributed by atoms with Crippen molar-refractivity contribution in [1.29, 1.82) is 0 Å². The van der Waals surface area contributed by atoms with E-state index in [4.69, 9.17) is 4.74 Å². The fraction of sp³-hybridized carbons (Fsp3) is 0.304. The van der Waals surface area contributed by atoms with E-state index in [1.807, 2.05) is 0 Å². The number of carbonyl (C=O) groups is 4. The summed E-state index contributed by atoms with van der Waals surface area (Å²) in [5.41, 5.74) is -0.257. The molecular formula is C23H24FN3O5S. The normalized spacial score (nSPS) is 18.3. The number of urea groups is 1. The van der Waals surface area contributed by atoms with Gasteiger partial charge in [0.05, 0.1) is 5.56 Å². The monoisotopic (exact) mass is 473 g/mol. The molecule has 4 amide bonds. The number of benzene rings is 2. The average molecular weight is 474 g/mol. The van der Waals surface area contributed by atoms with Crippen molar-refractivity contribution in [2.45, 2.75) is 36.9 Å². The molecule has 0 radical (unpaired) electrons. The number of rotatable bonds is 8. The number of hydrogen-bond donors (Lipinski definition) is 2. The number of amides is 4. The van der Waals surface area contributed by atoms with E-state index in [2.05, 4.69) is 10.6 Å². The van der Waals surface area contributed by atoms with Crippen LogP contribution in [0.1, 0.15) is 29.8 Å². The number of ether oxygens (including phenoxy) is 1. The van der Waals surface area contributed by atoms with Crippen LogP contribution in [0.2, 0.25) is 0 Å². The first-order chi connectivity index (χ1) is 15.6. The van der Waals surface area contributed by atoms with Crippen LogP contribution in [0.3, 0.4) is 0 Å². The fourth-order valence-corrected chi connectivity index (χ4v) is 4.37. The summed E-state index contributed by atoms with van der Waals surface area (Å²) < 4.78 is 18.8. The summed E-state index contributed by atoms with van der Waals surface area (Å²) in [4.78, 5) is 50.8. The van der Waals surface area contributed by atoms with E-state index in [1.54, 1.807) is 50.4 Å². The molecular weight excluding hydrogens is 449 g/mol. The van der Waals surface area contributed by atoms with Gasteiger partial charge in [-0.15, -0.1) is 11.8 Å². The summed E-state index contributed by atoms with van der Waals surface area (Å²) in [5, 5.41) is 4.77. The van der Waals surface area contributed by atoms with Crippen LogP contribution in [0, 0.1) is 5.82 Å². The van der Waals surface area contributed by atoms with Crippen molar-refractivity contribution in [3.63, 3.8) is 0 Å². The molecule has 0 aliphatic carbocycles. The highest BCUT2D eigenvalue weighted by Gasteiger charge is 2.42. The zero-order chi connectivity index (χ0) is 24.2. The molecule has 1 fully saturated rings. The molecule has 0 aromatic heterocycles. The zero-order valence-corrected chi connectivity index (χ0v) is 19.2. The number of likely N-dealkylation sites (N-methyl/N-ethyl adjacent to an activating group) is 1. The Kier molecular flexibility index (Phi) is 7.37. The Morgan fingerprint density at radius 3 is 2.58 bits per heavy atom. The second-order valence-corrected chi connectivity index (χ2v) is 8.91. The summed E-state index contributed by atoms with van der Waals surface area (Å²) in [6.45, 7) is 3.23. The van der Waals surface area contributed by atoms with Crippen molar-refractivity contribution in [1.82, 2.24) is 15.5 Å². The summed E-state index contributed by atoms with van der Waals surface area (Å²) in [7, 11) is 1.54. The number of imide groups is 1. The molecule has 174 valence electrons. The van der Waals surface area contributed by atoms with Gasteiger partial charge in [0.15, 0.2) is 6.10 Å². The zero-order valence-electron chi connectivity index (χ0n) is 18.4. The first-order valence-electron chi connectivity index (χ1n) is 10.1. The molecule has 8 nitrogen and oxygen atoms in total. The Labute approximate surface area is 194 Å². The maximum absolute atomic E-state index is 13.4. The van der Waals surface area contributed by atoms with Crippen molar-refractivity contribution < 1.29 is 28.3 Å². The van der Waals surface area contributed by atoms with Crippen LogP contribution in [0.4, 0.5) is 9.18 Å². The predicted molar refractivity (Wildman–Crippen MR) is 120 cm³/mol. The number of thioether (sulfide) groups is 1. The molecule has 10 heteroatoms. The summed E-state index contributed by atoms with van der Waals surface area (Å²) in [6, 6.07) is 12.0. The van der Waals surface area contributed by atoms with Crippen molar-refractivity contribution in [2.24, 2.45) is 0 Å². The molecule has 0 unspecified atom stereocenters. The van der Waals surface area contributed by atoms with Crippen molar-refractivity contribution >= 4 is 35.6 Å². The van der Waals surface area contributed by atoms with Gasteiger partial charge in [-0.05, 0) is 43.7 Å². The molecule has 2 aromatic carbocycles. The van der Waals surface area contributed by atoms with Gasteiger partial charge in [-0.1, -0.05) is 24.3 Å². The molecule has 0 bridgehead atoms. The minimum atomic E-state index is -1.11. The number of hydrogen-bond acceptors (Lipinski definition) is 6. The highest BCUT2D eigenvalue weighted by Crippen LogP contribution is 2.28. The van der Waals surface area contributed by atoms with E-state index in [0.717, 1.165) is 0 Å². The quantitative estimate of drug-likeness (QED) is 0.347. The molecule has 0 spiro atoms. The maximum Gasteiger partial charge on any atom is 0.340 e. The smallest absolute Gasteiger partial charge is 0.340 e. The van der Waals surface area contributed by atoms with E-state index >= 15 is 0 Å². The standard InChI is InChI=1S/C23H24FN3O5S/c1-14(19(28)27(3)12-15-7-6-8-16(24)11-15)32-20(29)17-9-4-5-10-18(17)33-13-23(2)21(30)25-22(31)26-23/h4-11,14H,12-13H2,1-3H3,(H2,25,26,30,31)/t14-,23-/m0/s1. The predicted octanol–water partition coefficient (Wildman–Crippen LogP) is 2.72.